The SMILES string of the molecule is Cc1cc(Cl)ccc1OCc1nn(C)c(=O)o1. The van der Waals surface area contributed by atoms with Crippen molar-refractivity contribution in [3.8, 4) is 5.75 Å². The van der Waals surface area contributed by atoms with Crippen LogP contribution in [0.3, 0.4) is 0 Å². The third-order valence-corrected chi connectivity index (χ3v) is 2.45. The lowest BCUT2D eigenvalue weighted by Gasteiger charge is -2.06. The van der Waals surface area contributed by atoms with E-state index in [2.05, 4.69) is 5.10 Å². The molecule has 5 nitrogen and oxygen atoms in total. The molecule has 0 bridgehead atoms. The predicted molar refractivity (Wildman–Crippen MR) is 62.3 cm³/mol. The molecular weight excluding hydrogens is 244 g/mol. The Kier molecular flexibility index (Phi) is 3.19. The van der Waals surface area contributed by atoms with Crippen molar-refractivity contribution in [3.63, 3.8) is 0 Å². The first-order valence-corrected chi connectivity index (χ1v) is 5.36. The minimum absolute atomic E-state index is 0.110. The molecule has 17 heavy (non-hydrogen) atoms. The summed E-state index contributed by atoms with van der Waals surface area (Å²) in [6.07, 6.45) is 0. The van der Waals surface area contributed by atoms with E-state index in [0.29, 0.717) is 10.8 Å². The molecule has 0 radical (unpaired) electrons. The van der Waals surface area contributed by atoms with Gasteiger partial charge in [0.15, 0.2) is 6.61 Å². The Labute approximate surface area is 103 Å². The van der Waals surface area contributed by atoms with Gasteiger partial charge in [0.2, 0.25) is 0 Å². The highest BCUT2D eigenvalue weighted by molar-refractivity contribution is 6.30. The molecule has 0 amide bonds. The van der Waals surface area contributed by atoms with E-state index in [1.54, 1.807) is 18.2 Å². The summed E-state index contributed by atoms with van der Waals surface area (Å²) in [5, 5.41) is 4.51. The van der Waals surface area contributed by atoms with E-state index in [9.17, 15) is 4.79 Å². The van der Waals surface area contributed by atoms with Crippen LogP contribution in [0.4, 0.5) is 0 Å². The minimum atomic E-state index is -0.503. The molecule has 0 fully saturated rings. The van der Waals surface area contributed by atoms with Crippen LogP contribution in [0.25, 0.3) is 0 Å². The number of aryl methyl sites for hydroxylation is 2. The second kappa shape index (κ2) is 4.63. The zero-order chi connectivity index (χ0) is 12.4. The van der Waals surface area contributed by atoms with Crippen LogP contribution in [0.15, 0.2) is 27.4 Å². The number of benzene rings is 1. The van der Waals surface area contributed by atoms with Gasteiger partial charge in [0, 0.05) is 12.1 Å². The summed E-state index contributed by atoms with van der Waals surface area (Å²) >= 11 is 5.83. The number of aromatic nitrogens is 2. The standard InChI is InChI=1S/C11H11ClN2O3/c1-7-5-8(12)3-4-9(7)16-6-10-13-14(2)11(15)17-10/h3-5H,6H2,1-2H3. The lowest BCUT2D eigenvalue weighted by atomic mass is 10.2. The summed E-state index contributed by atoms with van der Waals surface area (Å²) in [5.74, 6) is 0.422. The normalized spacial score (nSPS) is 10.5. The van der Waals surface area contributed by atoms with E-state index in [0.717, 1.165) is 10.2 Å². The number of rotatable bonds is 3. The number of hydrogen-bond donors (Lipinski definition) is 0. The van der Waals surface area contributed by atoms with E-state index >= 15 is 0 Å². The smallest absolute Gasteiger partial charge is 0.436 e. The quantitative estimate of drug-likeness (QED) is 0.840. The lowest BCUT2D eigenvalue weighted by molar-refractivity contribution is 0.258. The molecular formula is C11H11ClN2O3. The van der Waals surface area contributed by atoms with E-state index < -0.39 is 5.76 Å². The van der Waals surface area contributed by atoms with Crippen molar-refractivity contribution < 1.29 is 9.15 Å². The molecule has 0 saturated carbocycles. The molecule has 6 heteroatoms. The molecule has 0 aliphatic rings. The summed E-state index contributed by atoms with van der Waals surface area (Å²) in [7, 11) is 1.52. The monoisotopic (exact) mass is 254 g/mol. The summed E-state index contributed by atoms with van der Waals surface area (Å²) in [4.78, 5) is 11.0. The van der Waals surface area contributed by atoms with Gasteiger partial charge in [-0.05, 0) is 30.7 Å². The van der Waals surface area contributed by atoms with Crippen molar-refractivity contribution >= 4 is 11.6 Å². The van der Waals surface area contributed by atoms with Crippen molar-refractivity contribution in [2.45, 2.75) is 13.5 Å². The molecule has 0 saturated heterocycles. The lowest BCUT2D eigenvalue weighted by Crippen LogP contribution is -2.09. The maximum Gasteiger partial charge on any atom is 0.436 e. The van der Waals surface area contributed by atoms with Gasteiger partial charge in [0.1, 0.15) is 5.75 Å². The highest BCUT2D eigenvalue weighted by Gasteiger charge is 2.07. The number of halogens is 1. The van der Waals surface area contributed by atoms with Gasteiger partial charge in [-0.25, -0.2) is 4.79 Å². The van der Waals surface area contributed by atoms with Gasteiger partial charge < -0.3 is 9.15 Å². The first kappa shape index (κ1) is 11.7. The van der Waals surface area contributed by atoms with Crippen LogP contribution >= 0.6 is 11.6 Å². The molecule has 2 rings (SSSR count). The van der Waals surface area contributed by atoms with E-state index in [4.69, 9.17) is 20.8 Å². The van der Waals surface area contributed by atoms with Crippen molar-refractivity contribution in [3.05, 3.63) is 45.2 Å². The Morgan fingerprint density at radius 2 is 2.29 bits per heavy atom. The molecule has 0 N–H and O–H groups in total. The first-order valence-electron chi connectivity index (χ1n) is 4.98. The van der Waals surface area contributed by atoms with Gasteiger partial charge in [-0.2, -0.15) is 4.68 Å². The molecule has 1 aromatic carbocycles. The molecule has 0 atom stereocenters. The zero-order valence-corrected chi connectivity index (χ0v) is 10.2. The molecule has 0 spiro atoms. The Bertz CT molecular complexity index is 589. The molecule has 0 unspecified atom stereocenters. The van der Waals surface area contributed by atoms with Crippen LogP contribution in [-0.2, 0) is 13.7 Å². The van der Waals surface area contributed by atoms with E-state index in [1.807, 2.05) is 6.92 Å². The fourth-order valence-electron chi connectivity index (χ4n) is 1.37. The van der Waals surface area contributed by atoms with Gasteiger partial charge in [0.25, 0.3) is 5.89 Å². The van der Waals surface area contributed by atoms with Crippen LogP contribution < -0.4 is 10.5 Å². The number of nitrogens with zero attached hydrogens (tertiary/aromatic N) is 2. The Balaban J connectivity index is 2.09. The van der Waals surface area contributed by atoms with Crippen LogP contribution in [0.1, 0.15) is 11.5 Å². The summed E-state index contributed by atoms with van der Waals surface area (Å²) < 4.78 is 11.4. The van der Waals surface area contributed by atoms with Gasteiger partial charge in [-0.1, -0.05) is 11.6 Å². The average molecular weight is 255 g/mol. The second-order valence-electron chi connectivity index (χ2n) is 3.58. The Hall–Kier alpha value is -1.75. The van der Waals surface area contributed by atoms with Crippen LogP contribution in [0.2, 0.25) is 5.02 Å². The summed E-state index contributed by atoms with van der Waals surface area (Å²) in [6.45, 7) is 1.99. The fraction of sp³-hybridized carbons (Fsp3) is 0.273. The van der Waals surface area contributed by atoms with Gasteiger partial charge in [-0.3, -0.25) is 0 Å². The van der Waals surface area contributed by atoms with Crippen molar-refractivity contribution in [2.75, 3.05) is 0 Å². The maximum absolute atomic E-state index is 11.0. The van der Waals surface area contributed by atoms with Crippen molar-refractivity contribution in [2.24, 2.45) is 7.05 Å². The molecule has 0 aliphatic heterocycles. The topological polar surface area (TPSA) is 57.3 Å². The van der Waals surface area contributed by atoms with Crippen LogP contribution in [0, 0.1) is 6.92 Å². The van der Waals surface area contributed by atoms with Crippen molar-refractivity contribution in [1.82, 2.24) is 9.78 Å². The number of hydrogen-bond acceptors (Lipinski definition) is 4. The van der Waals surface area contributed by atoms with Crippen LogP contribution in [-0.4, -0.2) is 9.78 Å². The van der Waals surface area contributed by atoms with E-state index in [1.165, 1.54) is 7.05 Å². The number of ether oxygens (including phenoxy) is 1. The fourth-order valence-corrected chi connectivity index (χ4v) is 1.59. The van der Waals surface area contributed by atoms with Crippen LogP contribution in [0.5, 0.6) is 5.75 Å². The third kappa shape index (κ3) is 2.68. The second-order valence-corrected chi connectivity index (χ2v) is 4.02. The van der Waals surface area contributed by atoms with Crippen molar-refractivity contribution in [1.29, 1.82) is 0 Å². The molecule has 2 aromatic rings. The zero-order valence-electron chi connectivity index (χ0n) is 9.44. The minimum Gasteiger partial charge on any atom is -0.484 e. The van der Waals surface area contributed by atoms with Gasteiger partial charge >= 0.3 is 5.76 Å². The Morgan fingerprint density at radius 3 is 2.88 bits per heavy atom. The summed E-state index contributed by atoms with van der Waals surface area (Å²) in [6, 6.07) is 5.29. The highest BCUT2D eigenvalue weighted by Crippen LogP contribution is 2.22. The third-order valence-electron chi connectivity index (χ3n) is 2.22. The molecule has 0 aliphatic carbocycles. The first-order chi connectivity index (χ1) is 8.06. The largest absolute Gasteiger partial charge is 0.484 e. The molecule has 1 aromatic heterocycles. The van der Waals surface area contributed by atoms with E-state index in [-0.39, 0.29) is 12.5 Å². The molecule has 90 valence electrons. The maximum atomic E-state index is 11.0. The highest BCUT2D eigenvalue weighted by atomic mass is 35.5. The van der Waals surface area contributed by atoms with Gasteiger partial charge in [-0.15, -0.1) is 5.10 Å². The summed E-state index contributed by atoms with van der Waals surface area (Å²) in [5.41, 5.74) is 0.913. The Morgan fingerprint density at radius 1 is 1.53 bits per heavy atom. The van der Waals surface area contributed by atoms with Gasteiger partial charge in [0.05, 0.1) is 0 Å². The average Bonchev–Trinajstić information content (AvgIpc) is 2.57. The predicted octanol–water partition coefficient (Wildman–Crippen LogP) is 1.91. The molecule has 1 heterocycles.